The topological polar surface area (TPSA) is 237 Å². The number of unbranched alkanes of at least 4 members (excludes halogenated alkanes) is 47. The Morgan fingerprint density at radius 2 is 0.462 bits per heavy atom. The molecule has 0 heterocycles. The third-order valence-corrected chi connectivity index (χ3v) is 22.1. The van der Waals surface area contributed by atoms with Crippen LogP contribution in [0.15, 0.2) is 0 Å². The van der Waals surface area contributed by atoms with Crippen LogP contribution in [0, 0.1) is 23.7 Å². The molecule has 3 unspecified atom stereocenters. The van der Waals surface area contributed by atoms with Crippen molar-refractivity contribution in [3.8, 4) is 0 Å². The number of aliphatic hydroxyl groups excluding tert-OH is 1. The summed E-state index contributed by atoms with van der Waals surface area (Å²) in [6, 6.07) is 0. The lowest BCUT2D eigenvalue weighted by Gasteiger charge is -2.21. The highest BCUT2D eigenvalue weighted by molar-refractivity contribution is 7.47. The predicted octanol–water partition coefficient (Wildman–Crippen LogP) is 25.6. The smallest absolute Gasteiger partial charge is 0.462 e. The SMILES string of the molecule is CCC(C)CCCCCCCCCCCCCCCCCCCCC(=O)O[C@H](COC(=O)CCCCCCCCC(C)C)COP(=O)(O)OC[C@H](O)COP(=O)(O)OC[C@@H](COC(=O)CCCCCCCCCCCCCCCCC(C)C)OC(=O)CCCCCCCCCCCCCCCC(C)C. The van der Waals surface area contributed by atoms with Crippen molar-refractivity contribution in [2.75, 3.05) is 39.6 Å². The summed E-state index contributed by atoms with van der Waals surface area (Å²) >= 11 is 0. The van der Waals surface area contributed by atoms with Gasteiger partial charge in [0.1, 0.15) is 19.3 Å². The molecule has 0 aromatic rings. The summed E-state index contributed by atoms with van der Waals surface area (Å²) in [6.45, 7) is 14.3. The molecule has 0 saturated carbocycles. The van der Waals surface area contributed by atoms with E-state index in [1.54, 1.807) is 0 Å². The highest BCUT2D eigenvalue weighted by Gasteiger charge is 2.30. The van der Waals surface area contributed by atoms with Gasteiger partial charge in [-0.3, -0.25) is 37.3 Å². The number of hydrogen-bond donors (Lipinski definition) is 3. The molecule has 0 fully saturated rings. The lowest BCUT2D eigenvalue weighted by molar-refractivity contribution is -0.161. The van der Waals surface area contributed by atoms with E-state index in [1.165, 1.54) is 238 Å². The van der Waals surface area contributed by atoms with Gasteiger partial charge in [0.05, 0.1) is 26.4 Å². The van der Waals surface area contributed by atoms with Gasteiger partial charge >= 0.3 is 39.5 Å². The van der Waals surface area contributed by atoms with Gasteiger partial charge in [0.2, 0.25) is 0 Å². The maximum absolute atomic E-state index is 13.1. The van der Waals surface area contributed by atoms with Crippen LogP contribution in [0.3, 0.4) is 0 Å². The van der Waals surface area contributed by atoms with Crippen molar-refractivity contribution in [2.24, 2.45) is 23.7 Å². The zero-order chi connectivity index (χ0) is 76.7. The quantitative estimate of drug-likeness (QED) is 0.0222. The molecule has 19 heteroatoms. The number of carbonyl (C=O) groups is 4. The number of carbonyl (C=O) groups excluding carboxylic acids is 4. The van der Waals surface area contributed by atoms with Gasteiger partial charge in [0.15, 0.2) is 12.2 Å². The standard InChI is InChI=1S/C85H166O17P2/c1-9-78(8)64-56-48-39-33-27-21-14-12-10-11-13-15-23-29-35-41-51-59-67-85(90)102-81(72-96-83(88)66-58-50-44-43-47-55-63-77(6)7)74-100-104(93,94)98-70-79(86)69-97-103(91,92)99-73-80(101-84(89)68-60-52-42-36-30-24-18-20-26-32-38-46-54-62-76(4)5)71-95-82(87)65-57-49-40-34-28-22-17-16-19-25-31-37-45-53-61-75(2)3/h75-81,86H,9-74H2,1-8H3,(H,91,92)(H,93,94)/t78?,79-,80-,81-/m1/s1. The minimum Gasteiger partial charge on any atom is -0.462 e. The molecule has 0 aliphatic heterocycles. The number of phosphoric ester groups is 2. The molecule has 0 aliphatic carbocycles. The van der Waals surface area contributed by atoms with Crippen molar-refractivity contribution in [3.05, 3.63) is 0 Å². The second kappa shape index (κ2) is 73.8. The van der Waals surface area contributed by atoms with Crippen LogP contribution in [0.25, 0.3) is 0 Å². The van der Waals surface area contributed by atoms with E-state index >= 15 is 0 Å². The second-order valence-electron chi connectivity index (χ2n) is 32.2. The zero-order valence-corrected chi connectivity index (χ0v) is 70.5. The fraction of sp³-hybridized carbons (Fsp3) is 0.953. The Morgan fingerprint density at radius 1 is 0.269 bits per heavy atom. The summed E-state index contributed by atoms with van der Waals surface area (Å²) in [5.41, 5.74) is 0. The van der Waals surface area contributed by atoms with Gasteiger partial charge in [-0.25, -0.2) is 9.13 Å². The number of rotatable bonds is 82. The summed E-state index contributed by atoms with van der Waals surface area (Å²) in [5, 5.41) is 10.7. The minimum atomic E-state index is -4.96. The molecule has 0 aromatic heterocycles. The summed E-state index contributed by atoms with van der Waals surface area (Å²) < 4.78 is 68.8. The Balaban J connectivity index is 5.19. The van der Waals surface area contributed by atoms with Gasteiger partial charge in [0, 0.05) is 25.7 Å². The number of hydrogen-bond acceptors (Lipinski definition) is 15. The molecule has 104 heavy (non-hydrogen) atoms. The van der Waals surface area contributed by atoms with Gasteiger partial charge in [-0.2, -0.15) is 0 Å². The Morgan fingerprint density at radius 3 is 0.683 bits per heavy atom. The van der Waals surface area contributed by atoms with E-state index in [4.69, 9.17) is 37.0 Å². The van der Waals surface area contributed by atoms with E-state index in [2.05, 4.69) is 55.4 Å². The lowest BCUT2D eigenvalue weighted by Crippen LogP contribution is -2.30. The van der Waals surface area contributed by atoms with Crippen LogP contribution in [0.4, 0.5) is 0 Å². The summed E-state index contributed by atoms with van der Waals surface area (Å²) in [6.07, 6.45) is 62.6. The Labute approximate surface area is 638 Å². The lowest BCUT2D eigenvalue weighted by atomic mass is 9.99. The molecule has 0 spiro atoms. The molecular formula is C85H166O17P2. The molecule has 0 aromatic carbocycles. The number of ether oxygens (including phenoxy) is 4. The molecule has 0 amide bonds. The number of esters is 4. The van der Waals surface area contributed by atoms with Crippen molar-refractivity contribution in [3.63, 3.8) is 0 Å². The van der Waals surface area contributed by atoms with Gasteiger partial charge in [-0.1, -0.05) is 389 Å². The molecule has 0 radical (unpaired) electrons. The monoisotopic (exact) mass is 1520 g/mol. The number of aliphatic hydroxyl groups is 1. The van der Waals surface area contributed by atoms with Crippen molar-refractivity contribution < 1.29 is 80.2 Å². The molecule has 6 atom stereocenters. The van der Waals surface area contributed by atoms with E-state index < -0.39 is 97.5 Å². The summed E-state index contributed by atoms with van der Waals surface area (Å²) in [5.74, 6) is 1.02. The van der Waals surface area contributed by atoms with Crippen LogP contribution >= 0.6 is 15.6 Å². The first kappa shape index (κ1) is 102. The highest BCUT2D eigenvalue weighted by atomic mass is 31.2. The van der Waals surface area contributed by atoms with Gasteiger partial charge in [-0.15, -0.1) is 0 Å². The van der Waals surface area contributed by atoms with Gasteiger partial charge in [0.25, 0.3) is 0 Å². The number of phosphoric acid groups is 2. The molecular weight excluding hydrogens is 1350 g/mol. The summed E-state index contributed by atoms with van der Waals surface area (Å²) in [7, 11) is -9.93. The third kappa shape index (κ3) is 76.8. The van der Waals surface area contributed by atoms with Gasteiger partial charge in [-0.05, 0) is 49.4 Å². The first-order chi connectivity index (χ1) is 50.1. The first-order valence-corrected chi connectivity index (χ1v) is 46.7. The van der Waals surface area contributed by atoms with E-state index in [1.807, 2.05) is 0 Å². The first-order valence-electron chi connectivity index (χ1n) is 43.7. The van der Waals surface area contributed by atoms with Crippen LogP contribution in [0.5, 0.6) is 0 Å². The maximum atomic E-state index is 13.1. The van der Waals surface area contributed by atoms with Crippen LogP contribution in [0.1, 0.15) is 441 Å². The van der Waals surface area contributed by atoms with Gasteiger partial charge < -0.3 is 33.8 Å². The third-order valence-electron chi connectivity index (χ3n) is 20.2. The van der Waals surface area contributed by atoms with E-state index in [-0.39, 0.29) is 25.7 Å². The largest absolute Gasteiger partial charge is 0.472 e. The fourth-order valence-corrected chi connectivity index (χ4v) is 14.7. The molecule has 3 N–H and O–H groups in total. The predicted molar refractivity (Wildman–Crippen MR) is 428 cm³/mol. The van der Waals surface area contributed by atoms with E-state index in [0.29, 0.717) is 31.6 Å². The zero-order valence-electron chi connectivity index (χ0n) is 68.7. The average molecular weight is 1520 g/mol. The molecule has 17 nitrogen and oxygen atoms in total. The normalized spacial score (nSPS) is 14.2. The highest BCUT2D eigenvalue weighted by Crippen LogP contribution is 2.45. The molecule has 618 valence electrons. The average Bonchev–Trinajstić information content (AvgIpc) is 0.912. The van der Waals surface area contributed by atoms with E-state index in [9.17, 15) is 43.2 Å². The van der Waals surface area contributed by atoms with Crippen molar-refractivity contribution in [1.29, 1.82) is 0 Å². The molecule has 0 saturated heterocycles. The van der Waals surface area contributed by atoms with Crippen molar-refractivity contribution in [2.45, 2.75) is 459 Å². The fourth-order valence-electron chi connectivity index (χ4n) is 13.1. The Bertz CT molecular complexity index is 2030. The van der Waals surface area contributed by atoms with Crippen LogP contribution in [-0.2, 0) is 65.4 Å². The minimum absolute atomic E-state index is 0.107. The Hall–Kier alpha value is -1.94. The molecule has 0 rings (SSSR count). The second-order valence-corrected chi connectivity index (χ2v) is 35.2. The molecule has 0 bridgehead atoms. The Kier molecular flexibility index (Phi) is 72.5. The maximum Gasteiger partial charge on any atom is 0.472 e. The van der Waals surface area contributed by atoms with Crippen LogP contribution in [-0.4, -0.2) is 96.7 Å². The van der Waals surface area contributed by atoms with Crippen LogP contribution in [0.2, 0.25) is 0 Å². The summed E-state index contributed by atoms with van der Waals surface area (Å²) in [4.78, 5) is 73.1. The van der Waals surface area contributed by atoms with Crippen molar-refractivity contribution >= 4 is 39.5 Å². The molecule has 0 aliphatic rings. The van der Waals surface area contributed by atoms with Crippen LogP contribution < -0.4 is 0 Å². The van der Waals surface area contributed by atoms with Crippen molar-refractivity contribution in [1.82, 2.24) is 0 Å². The van der Waals surface area contributed by atoms with E-state index in [0.717, 1.165) is 114 Å².